The van der Waals surface area contributed by atoms with E-state index >= 15 is 0 Å². The Labute approximate surface area is 95.6 Å². The minimum absolute atomic E-state index is 0.321. The molecule has 0 aromatic carbocycles. The van der Waals surface area contributed by atoms with Crippen molar-refractivity contribution in [2.45, 2.75) is 31.6 Å². The molecule has 0 aliphatic rings. The standard InChI is InChI=1S/C10H20N4S/c1-8(2)15-7-10(13-11)4-9-5-12-14(3)6-9/h5-6,8,10,13H,4,7,11H2,1-3H3. The summed E-state index contributed by atoms with van der Waals surface area (Å²) in [5.74, 6) is 6.55. The van der Waals surface area contributed by atoms with Crippen LogP contribution in [-0.2, 0) is 13.5 Å². The summed E-state index contributed by atoms with van der Waals surface area (Å²) >= 11 is 1.92. The average molecular weight is 228 g/mol. The summed E-state index contributed by atoms with van der Waals surface area (Å²) in [7, 11) is 1.93. The number of nitrogens with two attached hydrogens (primary N) is 1. The molecular formula is C10H20N4S. The van der Waals surface area contributed by atoms with Crippen LogP contribution in [0.2, 0.25) is 0 Å². The quantitative estimate of drug-likeness (QED) is 0.562. The van der Waals surface area contributed by atoms with Gasteiger partial charge in [0.2, 0.25) is 0 Å². The summed E-state index contributed by atoms with van der Waals surface area (Å²) in [6.45, 7) is 4.39. The Bertz CT molecular complexity index is 285. The molecule has 1 rings (SSSR count). The van der Waals surface area contributed by atoms with E-state index in [9.17, 15) is 0 Å². The second-order valence-electron chi connectivity index (χ2n) is 3.97. The molecule has 0 fully saturated rings. The summed E-state index contributed by atoms with van der Waals surface area (Å²) in [4.78, 5) is 0. The number of aryl methyl sites for hydroxylation is 1. The molecule has 0 spiro atoms. The van der Waals surface area contributed by atoms with Crippen LogP contribution in [0.5, 0.6) is 0 Å². The fraction of sp³-hybridized carbons (Fsp3) is 0.700. The molecule has 0 saturated heterocycles. The van der Waals surface area contributed by atoms with Crippen molar-refractivity contribution in [3.8, 4) is 0 Å². The van der Waals surface area contributed by atoms with Crippen LogP contribution in [0.1, 0.15) is 19.4 Å². The first kappa shape index (κ1) is 12.5. The molecule has 0 aliphatic carbocycles. The zero-order valence-electron chi connectivity index (χ0n) is 9.60. The molecule has 0 saturated carbocycles. The van der Waals surface area contributed by atoms with Gasteiger partial charge in [-0.05, 0) is 17.2 Å². The Morgan fingerprint density at radius 1 is 1.60 bits per heavy atom. The first-order chi connectivity index (χ1) is 7.11. The molecular weight excluding hydrogens is 208 g/mol. The lowest BCUT2D eigenvalue weighted by molar-refractivity contribution is 0.575. The molecule has 15 heavy (non-hydrogen) atoms. The lowest BCUT2D eigenvalue weighted by Crippen LogP contribution is -2.38. The predicted octanol–water partition coefficient (Wildman–Crippen LogP) is 0.936. The van der Waals surface area contributed by atoms with Crippen LogP contribution in [0.3, 0.4) is 0 Å². The van der Waals surface area contributed by atoms with E-state index in [0.29, 0.717) is 11.3 Å². The minimum Gasteiger partial charge on any atom is -0.276 e. The van der Waals surface area contributed by atoms with Crippen molar-refractivity contribution in [2.75, 3.05) is 5.75 Å². The lowest BCUT2D eigenvalue weighted by Gasteiger charge is -2.15. The van der Waals surface area contributed by atoms with Gasteiger partial charge in [-0.1, -0.05) is 13.8 Å². The maximum Gasteiger partial charge on any atom is 0.0522 e. The highest BCUT2D eigenvalue weighted by molar-refractivity contribution is 7.99. The molecule has 0 radical (unpaired) electrons. The van der Waals surface area contributed by atoms with Gasteiger partial charge in [-0.25, -0.2) is 0 Å². The smallest absolute Gasteiger partial charge is 0.0522 e. The summed E-state index contributed by atoms with van der Waals surface area (Å²) in [5, 5.41) is 4.79. The largest absolute Gasteiger partial charge is 0.276 e. The van der Waals surface area contributed by atoms with Gasteiger partial charge in [0.05, 0.1) is 6.20 Å². The van der Waals surface area contributed by atoms with E-state index in [1.807, 2.05) is 35.9 Å². The average Bonchev–Trinajstić information content (AvgIpc) is 2.58. The van der Waals surface area contributed by atoms with Crippen LogP contribution in [-0.4, -0.2) is 26.8 Å². The van der Waals surface area contributed by atoms with E-state index in [4.69, 9.17) is 5.84 Å². The molecule has 1 unspecified atom stereocenters. The number of thioether (sulfide) groups is 1. The van der Waals surface area contributed by atoms with Crippen molar-refractivity contribution in [1.29, 1.82) is 0 Å². The number of aromatic nitrogens is 2. The molecule has 4 nitrogen and oxygen atoms in total. The SMILES string of the molecule is CC(C)SCC(Cc1cnn(C)c1)NN. The maximum atomic E-state index is 5.52. The number of hydrazine groups is 1. The van der Waals surface area contributed by atoms with Crippen LogP contribution in [0, 0.1) is 0 Å². The maximum absolute atomic E-state index is 5.52. The Hall–Kier alpha value is -0.520. The van der Waals surface area contributed by atoms with Crippen LogP contribution in [0.15, 0.2) is 12.4 Å². The van der Waals surface area contributed by atoms with Gasteiger partial charge in [0.25, 0.3) is 0 Å². The highest BCUT2D eigenvalue weighted by Crippen LogP contribution is 2.12. The Morgan fingerprint density at radius 3 is 2.80 bits per heavy atom. The summed E-state index contributed by atoms with van der Waals surface area (Å²) in [6.07, 6.45) is 4.86. The summed E-state index contributed by atoms with van der Waals surface area (Å²) in [5.41, 5.74) is 4.08. The minimum atomic E-state index is 0.321. The van der Waals surface area contributed by atoms with Crippen molar-refractivity contribution >= 4 is 11.8 Å². The zero-order valence-corrected chi connectivity index (χ0v) is 10.4. The van der Waals surface area contributed by atoms with Gasteiger partial charge in [0.1, 0.15) is 0 Å². The highest BCUT2D eigenvalue weighted by atomic mass is 32.2. The van der Waals surface area contributed by atoms with E-state index in [0.717, 1.165) is 12.2 Å². The number of nitrogens with one attached hydrogen (secondary N) is 1. The summed E-state index contributed by atoms with van der Waals surface area (Å²) in [6, 6.07) is 0.321. The highest BCUT2D eigenvalue weighted by Gasteiger charge is 2.09. The molecule has 5 heteroatoms. The van der Waals surface area contributed by atoms with Gasteiger partial charge in [-0.3, -0.25) is 16.0 Å². The van der Waals surface area contributed by atoms with E-state index in [-0.39, 0.29) is 0 Å². The molecule has 1 atom stereocenters. The van der Waals surface area contributed by atoms with Gasteiger partial charge in [0, 0.05) is 25.0 Å². The fourth-order valence-corrected chi connectivity index (χ4v) is 2.17. The van der Waals surface area contributed by atoms with Crippen molar-refractivity contribution in [3.05, 3.63) is 18.0 Å². The van der Waals surface area contributed by atoms with Gasteiger partial charge < -0.3 is 0 Å². The molecule has 86 valence electrons. The van der Waals surface area contributed by atoms with Crippen molar-refractivity contribution in [3.63, 3.8) is 0 Å². The first-order valence-electron chi connectivity index (χ1n) is 5.17. The normalized spacial score (nSPS) is 13.4. The van der Waals surface area contributed by atoms with Crippen molar-refractivity contribution < 1.29 is 0 Å². The van der Waals surface area contributed by atoms with Gasteiger partial charge in [-0.2, -0.15) is 16.9 Å². The number of hydrogen-bond donors (Lipinski definition) is 2. The van der Waals surface area contributed by atoms with E-state index in [1.165, 1.54) is 5.56 Å². The number of nitrogens with zero attached hydrogens (tertiary/aromatic N) is 2. The Kier molecular flexibility index (Phi) is 5.14. The van der Waals surface area contributed by atoms with Crippen LogP contribution >= 0.6 is 11.8 Å². The topological polar surface area (TPSA) is 55.9 Å². The zero-order chi connectivity index (χ0) is 11.3. The first-order valence-corrected chi connectivity index (χ1v) is 6.22. The van der Waals surface area contributed by atoms with E-state index < -0.39 is 0 Å². The predicted molar refractivity (Wildman–Crippen MR) is 65.6 cm³/mol. The van der Waals surface area contributed by atoms with E-state index in [1.54, 1.807) is 0 Å². The summed E-state index contributed by atoms with van der Waals surface area (Å²) < 4.78 is 1.82. The fourth-order valence-electron chi connectivity index (χ4n) is 1.34. The molecule has 3 N–H and O–H groups in total. The van der Waals surface area contributed by atoms with Gasteiger partial charge >= 0.3 is 0 Å². The van der Waals surface area contributed by atoms with Gasteiger partial charge in [0.15, 0.2) is 0 Å². The molecule has 1 heterocycles. The number of rotatable bonds is 6. The second kappa shape index (κ2) is 6.15. The third kappa shape index (κ3) is 4.68. The van der Waals surface area contributed by atoms with E-state index in [2.05, 4.69) is 24.4 Å². The van der Waals surface area contributed by atoms with Crippen molar-refractivity contribution in [1.82, 2.24) is 15.2 Å². The third-order valence-electron chi connectivity index (χ3n) is 2.11. The van der Waals surface area contributed by atoms with Crippen LogP contribution < -0.4 is 11.3 Å². The number of hydrogen-bond acceptors (Lipinski definition) is 4. The third-order valence-corrected chi connectivity index (χ3v) is 3.37. The second-order valence-corrected chi connectivity index (χ2v) is 5.58. The molecule has 0 amide bonds. The monoisotopic (exact) mass is 228 g/mol. The lowest BCUT2D eigenvalue weighted by atomic mass is 10.1. The van der Waals surface area contributed by atoms with Crippen LogP contribution in [0.25, 0.3) is 0 Å². The molecule has 0 aliphatic heterocycles. The Morgan fingerprint density at radius 2 is 2.33 bits per heavy atom. The van der Waals surface area contributed by atoms with Gasteiger partial charge in [-0.15, -0.1) is 0 Å². The molecule has 1 aromatic rings. The van der Waals surface area contributed by atoms with Crippen LogP contribution in [0.4, 0.5) is 0 Å². The molecule has 1 aromatic heterocycles. The molecule has 0 bridgehead atoms. The van der Waals surface area contributed by atoms with Crippen molar-refractivity contribution in [2.24, 2.45) is 12.9 Å². The Balaban J connectivity index is 2.39.